The average Bonchev–Trinajstić information content (AvgIpc) is 3.32. The van der Waals surface area contributed by atoms with Crippen molar-refractivity contribution < 1.29 is 18.3 Å². The summed E-state index contributed by atoms with van der Waals surface area (Å²) in [5.41, 5.74) is 8.63. The van der Waals surface area contributed by atoms with Gasteiger partial charge in [0.05, 0.1) is 18.9 Å². The second-order valence-corrected chi connectivity index (χ2v) is 10.4. The molecule has 4 heterocycles. The molecule has 6 fully saturated rings. The molecule has 4 aliphatic carbocycles. The molecule has 2 N–H and O–H groups in total. The molecular weight excluding hydrogens is 416 g/mol. The van der Waals surface area contributed by atoms with Gasteiger partial charge in [0.2, 0.25) is 0 Å². The second kappa shape index (κ2) is 6.20. The first kappa shape index (κ1) is 19.2. The molecule has 4 saturated carbocycles. The van der Waals surface area contributed by atoms with Crippen LogP contribution in [0.15, 0.2) is 18.3 Å². The summed E-state index contributed by atoms with van der Waals surface area (Å²) in [6.07, 6.45) is 4.14. The van der Waals surface area contributed by atoms with Crippen molar-refractivity contribution >= 4 is 5.82 Å². The summed E-state index contributed by atoms with van der Waals surface area (Å²) in [5, 5.41) is 4.88. The quantitative estimate of drug-likeness (QED) is 0.739. The third-order valence-corrected chi connectivity index (χ3v) is 8.68. The maximum absolute atomic E-state index is 12.8. The third kappa shape index (κ3) is 2.31. The van der Waals surface area contributed by atoms with E-state index in [-0.39, 0.29) is 23.0 Å². The van der Waals surface area contributed by atoms with Crippen LogP contribution in [0, 0.1) is 17.8 Å². The van der Waals surface area contributed by atoms with Crippen LogP contribution in [0.5, 0.6) is 5.75 Å². The number of aromatic nitrogens is 3. The molecule has 6 aliphatic rings. The molecule has 2 aromatic heterocycles. The van der Waals surface area contributed by atoms with Crippen molar-refractivity contribution in [2.75, 3.05) is 18.9 Å². The van der Waals surface area contributed by atoms with E-state index in [1.165, 1.54) is 24.6 Å². The summed E-state index contributed by atoms with van der Waals surface area (Å²) < 4.78 is 37.9. The van der Waals surface area contributed by atoms with E-state index in [0.29, 0.717) is 29.6 Å². The summed E-state index contributed by atoms with van der Waals surface area (Å²) in [4.78, 5) is 6.82. The number of hydrogen-bond acceptors (Lipinski definition) is 6. The Balaban J connectivity index is 1.21. The van der Waals surface area contributed by atoms with Gasteiger partial charge in [0, 0.05) is 47.0 Å². The number of pyridine rings is 1. The molecule has 2 aromatic rings. The number of rotatable bonds is 6. The predicted octanol–water partition coefficient (Wildman–Crippen LogP) is 3.07. The zero-order valence-electron chi connectivity index (χ0n) is 18.1. The van der Waals surface area contributed by atoms with Crippen molar-refractivity contribution in [3.05, 3.63) is 24.0 Å². The molecule has 0 amide bonds. The lowest BCUT2D eigenvalue weighted by atomic mass is 9.87. The van der Waals surface area contributed by atoms with E-state index in [1.54, 1.807) is 6.20 Å². The number of morpholine rings is 1. The second-order valence-electron chi connectivity index (χ2n) is 10.4. The highest BCUT2D eigenvalue weighted by molar-refractivity contribution is 5.66. The van der Waals surface area contributed by atoms with Gasteiger partial charge >= 0.3 is 6.61 Å². The van der Waals surface area contributed by atoms with Crippen LogP contribution in [0.3, 0.4) is 0 Å². The zero-order chi connectivity index (χ0) is 21.9. The van der Waals surface area contributed by atoms with E-state index >= 15 is 0 Å². The Kier molecular flexibility index (Phi) is 3.72. The van der Waals surface area contributed by atoms with Gasteiger partial charge in [-0.05, 0) is 56.6 Å². The number of nitrogens with two attached hydrogens (primary N) is 1. The van der Waals surface area contributed by atoms with Gasteiger partial charge in [0.15, 0.2) is 11.6 Å². The number of hydrogen-bond donors (Lipinski definition) is 1. The summed E-state index contributed by atoms with van der Waals surface area (Å²) in [6.45, 7) is 3.08. The van der Waals surface area contributed by atoms with Crippen molar-refractivity contribution in [3.63, 3.8) is 0 Å². The molecule has 32 heavy (non-hydrogen) atoms. The highest BCUT2D eigenvalue weighted by Gasteiger charge is 2.94. The molecule has 170 valence electrons. The third-order valence-electron chi connectivity index (χ3n) is 8.68. The molecular formula is C23H27F2N5O2. The lowest BCUT2D eigenvalue weighted by Crippen LogP contribution is -2.66. The van der Waals surface area contributed by atoms with Crippen molar-refractivity contribution in [2.45, 2.75) is 62.9 Å². The van der Waals surface area contributed by atoms with E-state index in [2.05, 4.69) is 39.2 Å². The van der Waals surface area contributed by atoms with Gasteiger partial charge < -0.3 is 15.2 Å². The number of anilines is 1. The van der Waals surface area contributed by atoms with Gasteiger partial charge in [-0.3, -0.25) is 9.58 Å². The van der Waals surface area contributed by atoms with E-state index in [1.807, 2.05) is 0 Å². The minimum atomic E-state index is -2.95. The lowest BCUT2D eigenvalue weighted by molar-refractivity contribution is -0.147. The number of halogens is 2. The van der Waals surface area contributed by atoms with Crippen LogP contribution in [0.1, 0.15) is 38.4 Å². The van der Waals surface area contributed by atoms with Crippen LogP contribution >= 0.6 is 0 Å². The van der Waals surface area contributed by atoms with Gasteiger partial charge in [-0.15, -0.1) is 0 Å². The van der Waals surface area contributed by atoms with Crippen molar-refractivity contribution in [1.29, 1.82) is 0 Å². The molecule has 7 nitrogen and oxygen atoms in total. The Hall–Kier alpha value is -2.26. The molecule has 8 rings (SSSR count). The van der Waals surface area contributed by atoms with Crippen LogP contribution in [-0.4, -0.2) is 57.6 Å². The Morgan fingerprint density at radius 3 is 2.62 bits per heavy atom. The summed E-state index contributed by atoms with van der Waals surface area (Å²) in [6, 6.07) is 5.75. The van der Waals surface area contributed by atoms with Crippen molar-refractivity contribution in [3.8, 4) is 17.0 Å². The van der Waals surface area contributed by atoms with E-state index in [0.717, 1.165) is 30.7 Å². The minimum Gasteiger partial charge on any atom is -0.431 e. The predicted molar refractivity (Wildman–Crippen MR) is 112 cm³/mol. The molecule has 0 radical (unpaired) electrons. The van der Waals surface area contributed by atoms with E-state index in [4.69, 9.17) is 15.6 Å². The van der Waals surface area contributed by atoms with Gasteiger partial charge in [-0.2, -0.15) is 13.9 Å². The number of alkyl halides is 2. The fourth-order valence-electron chi connectivity index (χ4n) is 7.45. The summed E-state index contributed by atoms with van der Waals surface area (Å²) in [5.74, 6) is 2.05. The Morgan fingerprint density at radius 1 is 1.19 bits per heavy atom. The van der Waals surface area contributed by atoms with Crippen LogP contribution in [0.25, 0.3) is 11.3 Å². The summed E-state index contributed by atoms with van der Waals surface area (Å²) >= 11 is 0. The maximum Gasteiger partial charge on any atom is 0.387 e. The monoisotopic (exact) mass is 443 g/mol. The topological polar surface area (TPSA) is 78.4 Å². The van der Waals surface area contributed by atoms with Crippen LogP contribution in [0.2, 0.25) is 0 Å². The van der Waals surface area contributed by atoms with Crippen LogP contribution < -0.4 is 10.5 Å². The standard InChI is InChI=1S/C23H27F2N5O2/c1-10(2)30-18(6-15(28-30)11-3-17(32-22(24)25)21(26)27-7-11)23-14-5-16(20(23)19(14)23)29-12-4-13(29)9-31-8-12/h3,6-7,10,12-14,16,19-20,22H,4-5,8-9H2,1-2H3,(H2,26,27)/t12?,13?,14-,16?,19-,20?,23-/m1/s1. The number of ether oxygens (including phenoxy) is 2. The normalized spacial score (nSPS) is 38.7. The largest absolute Gasteiger partial charge is 0.431 e. The lowest BCUT2D eigenvalue weighted by Gasteiger charge is -2.55. The molecule has 0 aromatic carbocycles. The molecule has 2 saturated heterocycles. The highest BCUT2D eigenvalue weighted by Crippen LogP contribution is 2.91. The fourth-order valence-corrected chi connectivity index (χ4v) is 7.45. The van der Waals surface area contributed by atoms with Crippen LogP contribution in [0.4, 0.5) is 14.6 Å². The van der Waals surface area contributed by atoms with Gasteiger partial charge in [0.1, 0.15) is 0 Å². The van der Waals surface area contributed by atoms with Crippen LogP contribution in [-0.2, 0) is 10.2 Å². The van der Waals surface area contributed by atoms with E-state index in [9.17, 15) is 8.78 Å². The maximum atomic E-state index is 12.8. The zero-order valence-corrected chi connectivity index (χ0v) is 18.1. The van der Waals surface area contributed by atoms with Gasteiger partial charge in [-0.25, -0.2) is 4.98 Å². The van der Waals surface area contributed by atoms with Crippen molar-refractivity contribution in [1.82, 2.24) is 19.7 Å². The Labute approximate surface area is 184 Å². The first-order valence-electron chi connectivity index (χ1n) is 11.6. The first-order chi connectivity index (χ1) is 15.4. The highest BCUT2D eigenvalue weighted by atomic mass is 19.3. The number of nitrogens with zero attached hydrogens (tertiary/aromatic N) is 4. The molecule has 4 unspecified atom stereocenters. The minimum absolute atomic E-state index is 0.0504. The molecule has 9 heteroatoms. The van der Waals surface area contributed by atoms with Gasteiger partial charge in [-0.1, -0.05) is 0 Å². The SMILES string of the molecule is CC(C)n1nc(-c2cnc(N)c(OC(F)F)c2)cc1[C@]12C3C(N4C5COCC4C5)C[C@@H]1[C@H]32. The van der Waals surface area contributed by atoms with Gasteiger partial charge in [0.25, 0.3) is 0 Å². The molecule has 7 atom stereocenters. The Bertz CT molecular complexity index is 1090. The van der Waals surface area contributed by atoms with Crippen molar-refractivity contribution in [2.24, 2.45) is 17.8 Å². The number of fused-ring (bicyclic) bond motifs is 4. The first-order valence-corrected chi connectivity index (χ1v) is 11.6. The Morgan fingerprint density at radius 2 is 1.97 bits per heavy atom. The number of nitrogen functional groups attached to an aromatic ring is 1. The smallest absolute Gasteiger partial charge is 0.387 e. The summed E-state index contributed by atoms with van der Waals surface area (Å²) in [7, 11) is 0. The molecule has 2 aliphatic heterocycles. The molecule has 0 spiro atoms. The average molecular weight is 443 g/mol. The molecule has 4 bridgehead atoms. The van der Waals surface area contributed by atoms with E-state index < -0.39 is 6.61 Å². The fraction of sp³-hybridized carbons (Fsp3) is 0.652.